The first-order valence-electron chi connectivity index (χ1n) is 6.50. The van der Waals surface area contributed by atoms with Gasteiger partial charge >= 0.3 is 0 Å². The number of hydrogen-bond donors (Lipinski definition) is 2. The third-order valence-corrected chi connectivity index (χ3v) is 3.92. The maximum atomic E-state index is 12.2. The molecule has 0 saturated heterocycles. The van der Waals surface area contributed by atoms with Crippen molar-refractivity contribution in [2.45, 2.75) is 26.8 Å². The fourth-order valence-electron chi connectivity index (χ4n) is 1.69. The van der Waals surface area contributed by atoms with Gasteiger partial charge in [0.05, 0.1) is 5.56 Å². The highest BCUT2D eigenvalue weighted by Gasteiger charge is 2.14. The van der Waals surface area contributed by atoms with E-state index >= 15 is 0 Å². The zero-order chi connectivity index (χ0) is 14.3. The van der Waals surface area contributed by atoms with Crippen LogP contribution in [0, 0.1) is 0 Å². The summed E-state index contributed by atoms with van der Waals surface area (Å²) in [4.78, 5) is 12.2. The highest BCUT2D eigenvalue weighted by molar-refractivity contribution is 7.99. The van der Waals surface area contributed by atoms with Gasteiger partial charge in [-0.05, 0) is 37.8 Å². The molecule has 1 atom stereocenters. The summed E-state index contributed by atoms with van der Waals surface area (Å²) in [6.45, 7) is 6.89. The van der Waals surface area contributed by atoms with E-state index in [1.807, 2.05) is 31.7 Å². The van der Waals surface area contributed by atoms with E-state index in [0.717, 1.165) is 23.7 Å². The predicted molar refractivity (Wildman–Crippen MR) is 85.5 cm³/mol. The molecule has 0 aliphatic heterocycles. The van der Waals surface area contributed by atoms with Crippen LogP contribution in [0.15, 0.2) is 18.2 Å². The molecule has 0 aliphatic rings. The van der Waals surface area contributed by atoms with Crippen molar-refractivity contribution in [2.24, 2.45) is 0 Å². The summed E-state index contributed by atoms with van der Waals surface area (Å²) in [6, 6.07) is 5.47. The van der Waals surface area contributed by atoms with Gasteiger partial charge in [-0.25, -0.2) is 0 Å². The molecule has 0 aromatic heterocycles. The number of amides is 1. The lowest BCUT2D eigenvalue weighted by atomic mass is 10.1. The molecule has 0 saturated carbocycles. The third kappa shape index (κ3) is 5.33. The molecule has 2 N–H and O–H groups in total. The molecule has 0 spiro atoms. The zero-order valence-electron chi connectivity index (χ0n) is 11.6. The number of anilines is 1. The van der Waals surface area contributed by atoms with Crippen LogP contribution in [0.3, 0.4) is 0 Å². The Morgan fingerprint density at radius 1 is 1.42 bits per heavy atom. The molecule has 0 radical (unpaired) electrons. The summed E-state index contributed by atoms with van der Waals surface area (Å²) in [5, 5.41) is 6.75. The quantitative estimate of drug-likeness (QED) is 0.808. The smallest absolute Gasteiger partial charge is 0.253 e. The monoisotopic (exact) mass is 300 g/mol. The van der Waals surface area contributed by atoms with Gasteiger partial charge < -0.3 is 10.6 Å². The second kappa shape index (κ2) is 8.33. The second-order valence-corrected chi connectivity index (χ2v) is 6.01. The van der Waals surface area contributed by atoms with E-state index in [0.29, 0.717) is 10.6 Å². The van der Waals surface area contributed by atoms with E-state index in [1.54, 1.807) is 12.1 Å². The number of halogens is 1. The maximum Gasteiger partial charge on any atom is 0.253 e. The van der Waals surface area contributed by atoms with Gasteiger partial charge in [0.1, 0.15) is 0 Å². The fraction of sp³-hybridized carbons (Fsp3) is 0.500. The van der Waals surface area contributed by atoms with Crippen LogP contribution in [-0.4, -0.2) is 30.0 Å². The summed E-state index contributed by atoms with van der Waals surface area (Å²) >= 11 is 7.78. The first kappa shape index (κ1) is 16.2. The normalized spacial score (nSPS) is 12.0. The number of carbonyl (C=O) groups excluding carboxylic acids is 1. The van der Waals surface area contributed by atoms with Crippen LogP contribution in [0.5, 0.6) is 0 Å². The van der Waals surface area contributed by atoms with Crippen molar-refractivity contribution in [1.82, 2.24) is 5.32 Å². The molecule has 1 aromatic carbocycles. The Hall–Kier alpha value is -0.870. The van der Waals surface area contributed by atoms with Crippen LogP contribution in [0.4, 0.5) is 5.69 Å². The van der Waals surface area contributed by atoms with Gasteiger partial charge in [0, 0.05) is 29.0 Å². The average molecular weight is 301 g/mol. The van der Waals surface area contributed by atoms with Crippen molar-refractivity contribution in [2.75, 3.05) is 23.4 Å². The SMILES string of the molecule is CCNc1ccc(Cl)cc1C(=O)NC(C)CSCC. The van der Waals surface area contributed by atoms with Crippen molar-refractivity contribution < 1.29 is 4.79 Å². The molecule has 1 unspecified atom stereocenters. The molecule has 0 bridgehead atoms. The number of benzene rings is 1. The molecule has 106 valence electrons. The average Bonchev–Trinajstić information content (AvgIpc) is 2.38. The van der Waals surface area contributed by atoms with Crippen molar-refractivity contribution in [3.63, 3.8) is 0 Å². The zero-order valence-corrected chi connectivity index (χ0v) is 13.2. The van der Waals surface area contributed by atoms with E-state index in [-0.39, 0.29) is 11.9 Å². The third-order valence-electron chi connectivity index (χ3n) is 2.54. The fourth-order valence-corrected chi connectivity index (χ4v) is 2.53. The minimum absolute atomic E-state index is 0.0809. The Kier molecular flexibility index (Phi) is 7.10. The first-order chi connectivity index (χ1) is 9.08. The summed E-state index contributed by atoms with van der Waals surface area (Å²) in [6.07, 6.45) is 0. The van der Waals surface area contributed by atoms with Gasteiger partial charge in [-0.15, -0.1) is 0 Å². The van der Waals surface area contributed by atoms with Crippen LogP contribution in [0.2, 0.25) is 5.02 Å². The topological polar surface area (TPSA) is 41.1 Å². The van der Waals surface area contributed by atoms with Crippen LogP contribution < -0.4 is 10.6 Å². The van der Waals surface area contributed by atoms with Crippen LogP contribution in [0.25, 0.3) is 0 Å². The highest BCUT2D eigenvalue weighted by Crippen LogP contribution is 2.20. The minimum atomic E-state index is -0.0809. The molecular weight excluding hydrogens is 280 g/mol. The Labute approximate surface area is 124 Å². The van der Waals surface area contributed by atoms with E-state index in [4.69, 9.17) is 11.6 Å². The van der Waals surface area contributed by atoms with E-state index in [1.165, 1.54) is 0 Å². The second-order valence-electron chi connectivity index (χ2n) is 4.25. The molecule has 5 heteroatoms. The lowest BCUT2D eigenvalue weighted by Gasteiger charge is -2.16. The molecular formula is C14H21ClN2OS. The minimum Gasteiger partial charge on any atom is -0.385 e. The molecule has 19 heavy (non-hydrogen) atoms. The van der Waals surface area contributed by atoms with Crippen LogP contribution in [-0.2, 0) is 0 Å². The standard InChI is InChI=1S/C14H21ClN2OS/c1-4-16-13-7-6-11(15)8-12(13)14(18)17-10(3)9-19-5-2/h6-8,10,16H,4-5,9H2,1-3H3,(H,17,18). The molecule has 1 rings (SSSR count). The van der Waals surface area contributed by atoms with Gasteiger partial charge in [-0.1, -0.05) is 18.5 Å². The maximum absolute atomic E-state index is 12.2. The van der Waals surface area contributed by atoms with E-state index < -0.39 is 0 Å². The van der Waals surface area contributed by atoms with E-state index in [9.17, 15) is 4.79 Å². The van der Waals surface area contributed by atoms with Gasteiger partial charge in [-0.2, -0.15) is 11.8 Å². The number of rotatable bonds is 7. The van der Waals surface area contributed by atoms with E-state index in [2.05, 4.69) is 17.6 Å². The first-order valence-corrected chi connectivity index (χ1v) is 8.03. The van der Waals surface area contributed by atoms with Crippen molar-refractivity contribution in [3.05, 3.63) is 28.8 Å². The van der Waals surface area contributed by atoms with Gasteiger partial charge in [0.15, 0.2) is 0 Å². The Morgan fingerprint density at radius 2 is 2.16 bits per heavy atom. The van der Waals surface area contributed by atoms with Crippen molar-refractivity contribution in [3.8, 4) is 0 Å². The van der Waals surface area contributed by atoms with Crippen LogP contribution in [0.1, 0.15) is 31.1 Å². The highest BCUT2D eigenvalue weighted by atomic mass is 35.5. The number of carbonyl (C=O) groups is 1. The Morgan fingerprint density at radius 3 is 2.79 bits per heavy atom. The molecule has 1 amide bonds. The number of hydrogen-bond acceptors (Lipinski definition) is 3. The Balaban J connectivity index is 2.77. The summed E-state index contributed by atoms with van der Waals surface area (Å²) < 4.78 is 0. The number of thioether (sulfide) groups is 1. The van der Waals surface area contributed by atoms with Gasteiger partial charge in [0.25, 0.3) is 5.91 Å². The summed E-state index contributed by atoms with van der Waals surface area (Å²) in [5.74, 6) is 1.89. The molecule has 1 aromatic rings. The lowest BCUT2D eigenvalue weighted by molar-refractivity contribution is 0.0944. The lowest BCUT2D eigenvalue weighted by Crippen LogP contribution is -2.34. The molecule has 0 fully saturated rings. The number of nitrogens with one attached hydrogen (secondary N) is 2. The summed E-state index contributed by atoms with van der Waals surface area (Å²) in [7, 11) is 0. The largest absolute Gasteiger partial charge is 0.385 e. The van der Waals surface area contributed by atoms with Gasteiger partial charge in [0.2, 0.25) is 0 Å². The predicted octanol–water partition coefficient (Wildman–Crippen LogP) is 3.64. The molecule has 3 nitrogen and oxygen atoms in total. The molecule has 0 heterocycles. The van der Waals surface area contributed by atoms with Crippen molar-refractivity contribution >= 4 is 35.0 Å². The van der Waals surface area contributed by atoms with Crippen LogP contribution >= 0.6 is 23.4 Å². The van der Waals surface area contributed by atoms with Crippen molar-refractivity contribution in [1.29, 1.82) is 0 Å². The van der Waals surface area contributed by atoms with Gasteiger partial charge in [-0.3, -0.25) is 4.79 Å². The molecule has 0 aliphatic carbocycles. The Bertz CT molecular complexity index is 426. The summed E-state index contributed by atoms with van der Waals surface area (Å²) in [5.41, 5.74) is 1.42.